The highest BCUT2D eigenvalue weighted by Crippen LogP contribution is 2.32. The Morgan fingerprint density at radius 1 is 1.26 bits per heavy atom. The molecule has 0 aliphatic rings. The standard InChI is InChI=1S/C15H12ClN5O3S.C2H6/c1-6-18-8-3-4-9(24-2)11(12(8)25-6)15(23)19-14-7(13(17)22)5-10(16)20-21-14;1-2/h3-5H,1-2H3,(H2,17,22)(H,19,21,23);1-2H3. The van der Waals surface area contributed by atoms with Crippen molar-refractivity contribution >= 4 is 50.8 Å². The summed E-state index contributed by atoms with van der Waals surface area (Å²) in [5, 5.41) is 10.7. The van der Waals surface area contributed by atoms with Gasteiger partial charge in [-0.3, -0.25) is 9.59 Å². The van der Waals surface area contributed by atoms with Crippen LogP contribution in [-0.4, -0.2) is 34.1 Å². The van der Waals surface area contributed by atoms with Crippen molar-refractivity contribution in [3.63, 3.8) is 0 Å². The molecule has 2 amide bonds. The third-order valence-corrected chi connectivity index (χ3v) is 4.52. The van der Waals surface area contributed by atoms with Gasteiger partial charge in [0.25, 0.3) is 11.8 Å². The summed E-state index contributed by atoms with van der Waals surface area (Å²) >= 11 is 7.08. The van der Waals surface area contributed by atoms with E-state index in [0.29, 0.717) is 16.0 Å². The predicted octanol–water partition coefficient (Wildman–Crippen LogP) is 3.43. The van der Waals surface area contributed by atoms with Gasteiger partial charge in [0.2, 0.25) is 0 Å². The molecule has 0 radical (unpaired) electrons. The number of nitrogens with two attached hydrogens (primary N) is 1. The van der Waals surface area contributed by atoms with Gasteiger partial charge >= 0.3 is 0 Å². The molecule has 8 nitrogen and oxygen atoms in total. The fourth-order valence-corrected chi connectivity index (χ4v) is 3.39. The summed E-state index contributed by atoms with van der Waals surface area (Å²) in [6, 6.07) is 4.66. The van der Waals surface area contributed by atoms with Crippen molar-refractivity contribution in [2.45, 2.75) is 20.8 Å². The number of hydrogen-bond donors (Lipinski definition) is 2. The number of carbonyl (C=O) groups is 2. The fraction of sp³-hybridized carbons (Fsp3) is 0.235. The maximum atomic E-state index is 12.8. The number of fused-ring (bicyclic) bond motifs is 1. The van der Waals surface area contributed by atoms with Crippen LogP contribution in [0.5, 0.6) is 5.75 Å². The number of nitrogens with one attached hydrogen (secondary N) is 1. The highest BCUT2D eigenvalue weighted by molar-refractivity contribution is 7.19. The summed E-state index contributed by atoms with van der Waals surface area (Å²) < 4.78 is 5.95. The molecule has 2 aromatic heterocycles. The number of methoxy groups -OCH3 is 1. The molecule has 0 aliphatic heterocycles. The second-order valence-corrected chi connectivity index (χ2v) is 6.56. The summed E-state index contributed by atoms with van der Waals surface area (Å²) in [4.78, 5) is 28.7. The third-order valence-electron chi connectivity index (χ3n) is 3.33. The van der Waals surface area contributed by atoms with Gasteiger partial charge in [-0.25, -0.2) is 4.98 Å². The number of nitrogens with zero attached hydrogens (tertiary/aromatic N) is 3. The molecule has 0 aliphatic carbocycles. The van der Waals surface area contributed by atoms with Gasteiger partial charge in [0.05, 0.1) is 27.9 Å². The Labute approximate surface area is 164 Å². The van der Waals surface area contributed by atoms with Gasteiger partial charge in [-0.05, 0) is 25.1 Å². The van der Waals surface area contributed by atoms with E-state index < -0.39 is 11.8 Å². The number of amides is 2. The molecule has 27 heavy (non-hydrogen) atoms. The SMILES string of the molecule is CC.COc1ccc2nc(C)sc2c1C(=O)Nc1nnc(Cl)cc1C(N)=O. The van der Waals surface area contributed by atoms with E-state index >= 15 is 0 Å². The maximum Gasteiger partial charge on any atom is 0.262 e. The molecule has 0 spiro atoms. The van der Waals surface area contributed by atoms with Gasteiger partial charge in [0.15, 0.2) is 11.0 Å². The maximum absolute atomic E-state index is 12.8. The zero-order valence-electron chi connectivity index (χ0n) is 15.2. The number of anilines is 1. The Hall–Kier alpha value is -2.78. The lowest BCUT2D eigenvalue weighted by Gasteiger charge is -2.11. The van der Waals surface area contributed by atoms with Crippen LogP contribution in [0.25, 0.3) is 10.2 Å². The molecule has 142 valence electrons. The highest BCUT2D eigenvalue weighted by Gasteiger charge is 2.22. The van der Waals surface area contributed by atoms with Crippen molar-refractivity contribution in [3.8, 4) is 5.75 Å². The van der Waals surface area contributed by atoms with Gasteiger partial charge in [-0.2, -0.15) is 0 Å². The minimum Gasteiger partial charge on any atom is -0.496 e. The van der Waals surface area contributed by atoms with Crippen molar-refractivity contribution in [2.75, 3.05) is 12.4 Å². The first kappa shape index (κ1) is 20.5. The lowest BCUT2D eigenvalue weighted by molar-refractivity contribution is 0.100. The molecular weight excluding hydrogens is 390 g/mol. The zero-order chi connectivity index (χ0) is 20.1. The number of rotatable bonds is 4. The van der Waals surface area contributed by atoms with E-state index in [4.69, 9.17) is 22.1 Å². The van der Waals surface area contributed by atoms with Gasteiger partial charge < -0.3 is 15.8 Å². The molecule has 0 atom stereocenters. The number of primary amides is 1. The highest BCUT2D eigenvalue weighted by atomic mass is 35.5. The van der Waals surface area contributed by atoms with Gasteiger partial charge in [0.1, 0.15) is 11.3 Å². The molecule has 2 heterocycles. The molecule has 0 saturated heterocycles. The average molecular weight is 408 g/mol. The molecule has 0 bridgehead atoms. The lowest BCUT2D eigenvalue weighted by Crippen LogP contribution is -2.20. The van der Waals surface area contributed by atoms with Gasteiger partial charge in [0, 0.05) is 0 Å². The smallest absolute Gasteiger partial charge is 0.262 e. The summed E-state index contributed by atoms with van der Waals surface area (Å²) in [5.41, 5.74) is 6.22. The van der Waals surface area contributed by atoms with E-state index in [9.17, 15) is 9.59 Å². The molecule has 0 fully saturated rings. The van der Waals surface area contributed by atoms with Crippen molar-refractivity contribution in [1.82, 2.24) is 15.2 Å². The number of thiazole rings is 1. The summed E-state index contributed by atoms with van der Waals surface area (Å²) in [6.07, 6.45) is 0. The predicted molar refractivity (Wildman–Crippen MR) is 106 cm³/mol. The van der Waals surface area contributed by atoms with E-state index in [0.717, 1.165) is 5.01 Å². The molecule has 1 aromatic carbocycles. The number of aryl methyl sites for hydroxylation is 1. The minimum atomic E-state index is -0.786. The van der Waals surface area contributed by atoms with Crippen molar-refractivity contribution < 1.29 is 14.3 Å². The van der Waals surface area contributed by atoms with Gasteiger partial charge in [-0.1, -0.05) is 25.4 Å². The second kappa shape index (κ2) is 8.74. The number of halogens is 1. The Balaban J connectivity index is 0.00000126. The van der Waals surface area contributed by atoms with Crippen LogP contribution in [0.2, 0.25) is 5.15 Å². The van der Waals surface area contributed by atoms with E-state index in [-0.39, 0.29) is 22.1 Å². The molecular formula is C17H18ClN5O3S. The van der Waals surface area contributed by atoms with Crippen molar-refractivity contribution in [3.05, 3.63) is 39.5 Å². The van der Waals surface area contributed by atoms with Crippen LogP contribution in [0, 0.1) is 6.92 Å². The average Bonchev–Trinajstić information content (AvgIpc) is 3.03. The number of ether oxygens (including phenoxy) is 1. The Bertz CT molecular complexity index is 1010. The molecule has 3 aromatic rings. The fourth-order valence-electron chi connectivity index (χ4n) is 2.29. The number of benzene rings is 1. The second-order valence-electron chi connectivity index (χ2n) is 4.97. The first-order valence-corrected chi connectivity index (χ1v) is 9.18. The van der Waals surface area contributed by atoms with Crippen LogP contribution in [0.15, 0.2) is 18.2 Å². The largest absolute Gasteiger partial charge is 0.496 e. The quantitative estimate of drug-likeness (QED) is 0.683. The van der Waals surface area contributed by atoms with E-state index in [1.165, 1.54) is 24.5 Å². The molecule has 3 rings (SSSR count). The molecule has 0 unspecified atom stereocenters. The van der Waals surface area contributed by atoms with Crippen LogP contribution in [-0.2, 0) is 0 Å². The zero-order valence-corrected chi connectivity index (χ0v) is 16.7. The lowest BCUT2D eigenvalue weighted by atomic mass is 10.1. The summed E-state index contributed by atoms with van der Waals surface area (Å²) in [5.74, 6) is -1.02. The molecule has 3 N–H and O–H groups in total. The number of carbonyl (C=O) groups excluding carboxylic acids is 2. The van der Waals surface area contributed by atoms with Crippen molar-refractivity contribution in [1.29, 1.82) is 0 Å². The van der Waals surface area contributed by atoms with E-state index in [2.05, 4.69) is 20.5 Å². The molecule has 0 saturated carbocycles. The van der Waals surface area contributed by atoms with Crippen LogP contribution >= 0.6 is 22.9 Å². The third kappa shape index (κ3) is 4.32. The number of hydrogen-bond acceptors (Lipinski definition) is 7. The first-order valence-electron chi connectivity index (χ1n) is 7.99. The van der Waals surface area contributed by atoms with Crippen LogP contribution in [0.1, 0.15) is 39.6 Å². The summed E-state index contributed by atoms with van der Waals surface area (Å²) in [7, 11) is 1.46. The van der Waals surface area contributed by atoms with Crippen LogP contribution < -0.4 is 15.8 Å². The topological polar surface area (TPSA) is 120 Å². The van der Waals surface area contributed by atoms with Crippen LogP contribution in [0.3, 0.4) is 0 Å². The monoisotopic (exact) mass is 407 g/mol. The normalized spacial score (nSPS) is 10.1. The van der Waals surface area contributed by atoms with Crippen LogP contribution in [0.4, 0.5) is 5.82 Å². The Morgan fingerprint density at radius 3 is 2.59 bits per heavy atom. The minimum absolute atomic E-state index is 0.00966. The number of aromatic nitrogens is 3. The van der Waals surface area contributed by atoms with E-state index in [1.54, 1.807) is 12.1 Å². The first-order chi connectivity index (χ1) is 12.9. The Morgan fingerprint density at radius 2 is 1.96 bits per heavy atom. The van der Waals surface area contributed by atoms with Crippen molar-refractivity contribution in [2.24, 2.45) is 5.73 Å². The Kier molecular flexibility index (Phi) is 6.65. The van der Waals surface area contributed by atoms with E-state index in [1.807, 2.05) is 20.8 Å². The van der Waals surface area contributed by atoms with Gasteiger partial charge in [-0.15, -0.1) is 21.5 Å². The molecule has 10 heteroatoms. The summed E-state index contributed by atoms with van der Waals surface area (Å²) in [6.45, 7) is 5.84.